The summed E-state index contributed by atoms with van der Waals surface area (Å²) in [6, 6.07) is 4.75. The van der Waals surface area contributed by atoms with E-state index in [0.29, 0.717) is 37.4 Å². The summed E-state index contributed by atoms with van der Waals surface area (Å²) in [5, 5.41) is 11.2. The van der Waals surface area contributed by atoms with Crippen molar-refractivity contribution in [3.63, 3.8) is 0 Å². The highest BCUT2D eigenvalue weighted by atomic mass is 16.5. The number of piperidine rings is 2. The van der Waals surface area contributed by atoms with Crippen LogP contribution in [-0.2, 0) is 20.9 Å². The van der Waals surface area contributed by atoms with Crippen molar-refractivity contribution in [2.45, 2.75) is 44.4 Å². The number of nitrogens with one attached hydrogen (secondary N) is 1. The number of rotatable bonds is 5. The van der Waals surface area contributed by atoms with E-state index in [0.717, 1.165) is 18.4 Å². The summed E-state index contributed by atoms with van der Waals surface area (Å²) in [7, 11) is 0. The molecule has 3 aliphatic rings. The number of amides is 3. The summed E-state index contributed by atoms with van der Waals surface area (Å²) in [6.45, 7) is 1.69. The lowest BCUT2D eigenvalue weighted by Gasteiger charge is -2.31. The molecule has 3 aliphatic heterocycles. The van der Waals surface area contributed by atoms with Crippen molar-refractivity contribution in [3.8, 4) is 5.75 Å². The van der Waals surface area contributed by atoms with Gasteiger partial charge in [0.25, 0.3) is 5.91 Å². The monoisotopic (exact) mass is 401 g/mol. The number of benzene rings is 1. The largest absolute Gasteiger partial charge is 0.490 e. The van der Waals surface area contributed by atoms with Gasteiger partial charge in [0, 0.05) is 31.6 Å². The second-order valence-corrected chi connectivity index (χ2v) is 7.71. The predicted molar refractivity (Wildman–Crippen MR) is 100 cm³/mol. The maximum absolute atomic E-state index is 12.9. The van der Waals surface area contributed by atoms with Crippen LogP contribution in [0.5, 0.6) is 5.75 Å². The molecule has 1 aromatic rings. The Morgan fingerprint density at radius 3 is 2.62 bits per heavy atom. The summed E-state index contributed by atoms with van der Waals surface area (Å²) < 4.78 is 6.03. The molecule has 0 radical (unpaired) electrons. The Morgan fingerprint density at radius 2 is 1.93 bits per heavy atom. The maximum atomic E-state index is 12.9. The molecule has 2 saturated heterocycles. The lowest BCUT2D eigenvalue weighted by Crippen LogP contribution is -2.52. The number of nitrogens with zero attached hydrogens (tertiary/aromatic N) is 2. The highest BCUT2D eigenvalue weighted by molar-refractivity contribution is 6.05. The molecule has 154 valence electrons. The van der Waals surface area contributed by atoms with E-state index in [1.807, 2.05) is 17.0 Å². The number of carboxylic acid groups (broad SMARTS) is 1. The molecule has 2 fully saturated rings. The smallest absolute Gasteiger partial charge is 0.317 e. The molecular weight excluding hydrogens is 378 g/mol. The number of carbonyl (C=O) groups is 4. The van der Waals surface area contributed by atoms with Crippen LogP contribution < -0.4 is 10.1 Å². The average Bonchev–Trinajstić information content (AvgIpc) is 2.99. The van der Waals surface area contributed by atoms with Gasteiger partial charge < -0.3 is 14.7 Å². The van der Waals surface area contributed by atoms with Gasteiger partial charge in [-0.25, -0.2) is 0 Å². The molecule has 9 nitrogen and oxygen atoms in total. The lowest BCUT2D eigenvalue weighted by molar-refractivity contribution is -0.139. The topological polar surface area (TPSA) is 116 Å². The normalized spacial score (nSPS) is 23.1. The Labute approximate surface area is 167 Å². The van der Waals surface area contributed by atoms with Crippen LogP contribution in [0, 0.1) is 0 Å². The average molecular weight is 401 g/mol. The van der Waals surface area contributed by atoms with Crippen LogP contribution in [-0.4, -0.2) is 70.4 Å². The van der Waals surface area contributed by atoms with Crippen LogP contribution in [0.1, 0.15) is 41.6 Å². The van der Waals surface area contributed by atoms with E-state index < -0.39 is 17.9 Å². The molecular formula is C20H23N3O6. The molecule has 0 saturated carbocycles. The Morgan fingerprint density at radius 1 is 1.17 bits per heavy atom. The second-order valence-electron chi connectivity index (χ2n) is 7.71. The Balaban J connectivity index is 1.39. The van der Waals surface area contributed by atoms with E-state index in [4.69, 9.17) is 9.84 Å². The van der Waals surface area contributed by atoms with Crippen molar-refractivity contribution < 1.29 is 29.0 Å². The summed E-state index contributed by atoms with van der Waals surface area (Å²) in [4.78, 5) is 50.5. The van der Waals surface area contributed by atoms with Gasteiger partial charge >= 0.3 is 5.97 Å². The molecule has 0 spiro atoms. The quantitative estimate of drug-likeness (QED) is 0.685. The van der Waals surface area contributed by atoms with Crippen LogP contribution in [0.4, 0.5) is 0 Å². The third-order valence-electron chi connectivity index (χ3n) is 5.70. The molecule has 3 heterocycles. The number of likely N-dealkylation sites (tertiary alicyclic amines) is 1. The molecule has 9 heteroatoms. The van der Waals surface area contributed by atoms with Crippen LogP contribution >= 0.6 is 0 Å². The summed E-state index contributed by atoms with van der Waals surface area (Å²) >= 11 is 0. The van der Waals surface area contributed by atoms with E-state index in [9.17, 15) is 19.2 Å². The van der Waals surface area contributed by atoms with Crippen LogP contribution in [0.25, 0.3) is 0 Å². The van der Waals surface area contributed by atoms with Crippen molar-refractivity contribution in [3.05, 3.63) is 29.3 Å². The number of hydrogen-bond donors (Lipinski definition) is 2. The first kappa shape index (κ1) is 19.4. The van der Waals surface area contributed by atoms with Crippen molar-refractivity contribution in [2.24, 2.45) is 0 Å². The van der Waals surface area contributed by atoms with Gasteiger partial charge in [-0.1, -0.05) is 6.07 Å². The Bertz CT molecular complexity index is 862. The predicted octanol–water partition coefficient (Wildman–Crippen LogP) is 0.375. The van der Waals surface area contributed by atoms with Crippen molar-refractivity contribution in [2.75, 3.05) is 19.6 Å². The minimum atomic E-state index is -0.831. The number of hydrogen-bond acceptors (Lipinski definition) is 6. The fraction of sp³-hybridized carbons (Fsp3) is 0.500. The lowest BCUT2D eigenvalue weighted by atomic mass is 10.0. The molecule has 0 aromatic heterocycles. The molecule has 0 aliphatic carbocycles. The zero-order valence-corrected chi connectivity index (χ0v) is 15.9. The zero-order valence-electron chi connectivity index (χ0n) is 15.9. The second kappa shape index (κ2) is 7.82. The van der Waals surface area contributed by atoms with Gasteiger partial charge in [-0.2, -0.15) is 0 Å². The van der Waals surface area contributed by atoms with E-state index in [1.54, 1.807) is 6.07 Å². The van der Waals surface area contributed by atoms with Crippen LogP contribution in [0.3, 0.4) is 0 Å². The molecule has 1 aromatic carbocycles. The number of imide groups is 1. The van der Waals surface area contributed by atoms with E-state index >= 15 is 0 Å². The van der Waals surface area contributed by atoms with Crippen LogP contribution in [0.2, 0.25) is 0 Å². The molecule has 1 atom stereocenters. The molecule has 0 bridgehead atoms. The first-order valence-corrected chi connectivity index (χ1v) is 9.79. The minimum Gasteiger partial charge on any atom is -0.490 e. The molecule has 29 heavy (non-hydrogen) atoms. The highest BCUT2D eigenvalue weighted by Crippen LogP contribution is 2.31. The van der Waals surface area contributed by atoms with Gasteiger partial charge in [-0.05, 0) is 37.0 Å². The highest BCUT2D eigenvalue weighted by Gasteiger charge is 2.39. The Kier molecular flexibility index (Phi) is 5.23. The van der Waals surface area contributed by atoms with Crippen molar-refractivity contribution >= 4 is 23.7 Å². The third kappa shape index (κ3) is 4.09. The zero-order chi connectivity index (χ0) is 20.5. The molecule has 2 N–H and O–H groups in total. The summed E-state index contributed by atoms with van der Waals surface area (Å²) in [6.07, 6.45) is 1.98. The summed E-state index contributed by atoms with van der Waals surface area (Å²) in [5.74, 6) is -1.19. The first-order valence-electron chi connectivity index (χ1n) is 9.79. The Hall–Kier alpha value is -2.94. The fourth-order valence-electron chi connectivity index (χ4n) is 4.18. The number of carbonyl (C=O) groups excluding carboxylic acids is 3. The third-order valence-corrected chi connectivity index (χ3v) is 5.70. The van der Waals surface area contributed by atoms with E-state index in [2.05, 4.69) is 5.32 Å². The van der Waals surface area contributed by atoms with Gasteiger partial charge in [0.05, 0.1) is 6.54 Å². The van der Waals surface area contributed by atoms with E-state index in [-0.39, 0.29) is 30.9 Å². The summed E-state index contributed by atoms with van der Waals surface area (Å²) in [5.41, 5.74) is 1.36. The molecule has 1 unspecified atom stereocenters. The SMILES string of the molecule is O=C(O)CN1CCC(Oc2ccc3c(c2)C(=O)N(C2CCC(=O)NC2=O)C3)CC1. The number of fused-ring (bicyclic) bond motifs is 1. The maximum Gasteiger partial charge on any atom is 0.317 e. The van der Waals surface area contributed by atoms with Gasteiger partial charge in [-0.3, -0.25) is 29.4 Å². The van der Waals surface area contributed by atoms with Gasteiger partial charge in [0.15, 0.2) is 0 Å². The fourth-order valence-corrected chi connectivity index (χ4v) is 4.18. The van der Waals surface area contributed by atoms with Crippen LogP contribution in [0.15, 0.2) is 18.2 Å². The van der Waals surface area contributed by atoms with Crippen molar-refractivity contribution in [1.29, 1.82) is 0 Å². The van der Waals surface area contributed by atoms with Gasteiger partial charge in [0.2, 0.25) is 11.8 Å². The number of ether oxygens (including phenoxy) is 1. The first-order chi connectivity index (χ1) is 13.9. The van der Waals surface area contributed by atoms with Gasteiger partial charge in [0.1, 0.15) is 17.9 Å². The van der Waals surface area contributed by atoms with E-state index in [1.165, 1.54) is 4.90 Å². The number of carboxylic acids is 1. The van der Waals surface area contributed by atoms with Crippen molar-refractivity contribution in [1.82, 2.24) is 15.1 Å². The molecule has 3 amide bonds. The standard InChI is InChI=1S/C20H23N3O6/c24-17-4-3-16(19(27)21-17)23-10-12-1-2-14(9-15(12)20(23)28)29-13-5-7-22(8-6-13)11-18(25)26/h1-2,9,13,16H,3-8,10-11H2,(H,25,26)(H,21,24,27). The van der Waals surface area contributed by atoms with Gasteiger partial charge in [-0.15, -0.1) is 0 Å². The minimum absolute atomic E-state index is 0.0270. The molecule has 4 rings (SSSR count). The number of aliphatic carboxylic acids is 1.